The highest BCUT2D eigenvalue weighted by atomic mass is 16.5. The molecule has 6 heteroatoms. The van der Waals surface area contributed by atoms with E-state index >= 15 is 0 Å². The fourth-order valence-electron chi connectivity index (χ4n) is 3.22. The first-order chi connectivity index (χ1) is 12.6. The molecule has 1 aliphatic carbocycles. The quantitative estimate of drug-likeness (QED) is 0.540. The van der Waals surface area contributed by atoms with Crippen LogP contribution in [0.4, 0.5) is 4.79 Å². The zero-order valence-corrected chi connectivity index (χ0v) is 14.1. The van der Waals surface area contributed by atoms with E-state index in [0.29, 0.717) is 16.7 Å². The van der Waals surface area contributed by atoms with Gasteiger partial charge in [-0.15, -0.1) is 0 Å². The summed E-state index contributed by atoms with van der Waals surface area (Å²) in [4.78, 5) is 15.3. The molecular weight excluding hydrogens is 330 g/mol. The Bertz CT molecular complexity index is 960. The molecule has 2 aromatic carbocycles. The summed E-state index contributed by atoms with van der Waals surface area (Å²) in [7, 11) is 0. The number of ether oxygens (including phenoxy) is 1. The largest absolute Gasteiger partial charge is 0.456 e. The lowest BCUT2D eigenvalue weighted by atomic mass is 10.1. The summed E-state index contributed by atoms with van der Waals surface area (Å²) in [6.45, 7) is 0.250. The molecule has 0 saturated heterocycles. The van der Waals surface area contributed by atoms with Gasteiger partial charge in [-0.05, 0) is 48.1 Å². The van der Waals surface area contributed by atoms with Gasteiger partial charge in [0, 0.05) is 5.39 Å². The summed E-state index contributed by atoms with van der Waals surface area (Å²) in [6, 6.07) is 16.9. The lowest BCUT2D eigenvalue weighted by molar-refractivity contribution is -0.0431. The summed E-state index contributed by atoms with van der Waals surface area (Å²) < 4.78 is 5.96. The molecule has 0 spiro atoms. The van der Waals surface area contributed by atoms with Gasteiger partial charge >= 0.3 is 6.03 Å². The van der Waals surface area contributed by atoms with Crippen LogP contribution in [0.25, 0.3) is 10.9 Å². The van der Waals surface area contributed by atoms with Crippen LogP contribution in [-0.2, 0) is 0 Å². The number of fused-ring (bicyclic) bond motifs is 1. The molecule has 0 bridgehead atoms. The van der Waals surface area contributed by atoms with Crippen LogP contribution in [0.2, 0.25) is 0 Å². The van der Waals surface area contributed by atoms with Gasteiger partial charge in [-0.25, -0.2) is 9.86 Å². The monoisotopic (exact) mass is 349 g/mol. The summed E-state index contributed by atoms with van der Waals surface area (Å²) in [5.74, 6) is 1.93. The Balaban J connectivity index is 1.47. The molecule has 1 fully saturated rings. The smallest absolute Gasteiger partial charge is 0.338 e. The van der Waals surface area contributed by atoms with Gasteiger partial charge in [-0.1, -0.05) is 30.3 Å². The number of hydrogen-bond acceptors (Lipinski definition) is 4. The van der Waals surface area contributed by atoms with Crippen LogP contribution in [-0.4, -0.2) is 27.8 Å². The molecular formula is C20H19N3O3. The first kappa shape index (κ1) is 16.4. The van der Waals surface area contributed by atoms with E-state index in [0.717, 1.165) is 28.6 Å². The number of urea groups is 1. The van der Waals surface area contributed by atoms with E-state index in [4.69, 9.17) is 10.5 Å². The average Bonchev–Trinajstić information content (AvgIpc) is 3.41. The predicted octanol–water partition coefficient (Wildman–Crippen LogP) is 3.90. The van der Waals surface area contributed by atoms with Gasteiger partial charge in [0.1, 0.15) is 11.5 Å². The number of hydroxylamine groups is 2. The number of aromatic nitrogens is 1. The van der Waals surface area contributed by atoms with E-state index in [2.05, 4.69) is 4.98 Å². The fourth-order valence-corrected chi connectivity index (χ4v) is 3.22. The highest BCUT2D eigenvalue weighted by Crippen LogP contribution is 2.48. The number of para-hydroxylation sites is 1. The number of nitrogens with zero attached hydrogens (tertiary/aromatic N) is 2. The van der Waals surface area contributed by atoms with Gasteiger partial charge in [0.15, 0.2) is 0 Å². The third kappa shape index (κ3) is 3.45. The Hall–Kier alpha value is -3.12. The van der Waals surface area contributed by atoms with Crippen molar-refractivity contribution in [2.75, 3.05) is 6.54 Å². The molecule has 1 heterocycles. The normalized spacial score (nSPS) is 18.5. The Morgan fingerprint density at radius 1 is 1.19 bits per heavy atom. The van der Waals surface area contributed by atoms with Crippen LogP contribution < -0.4 is 10.5 Å². The van der Waals surface area contributed by atoms with Crippen molar-refractivity contribution in [1.29, 1.82) is 0 Å². The number of nitrogens with two attached hydrogens (primary N) is 1. The van der Waals surface area contributed by atoms with E-state index < -0.39 is 6.03 Å². The zero-order chi connectivity index (χ0) is 18.1. The van der Waals surface area contributed by atoms with Crippen LogP contribution in [0.15, 0.2) is 60.8 Å². The molecule has 132 valence electrons. The Kier molecular flexibility index (Phi) is 4.18. The third-order valence-electron chi connectivity index (χ3n) is 4.67. The van der Waals surface area contributed by atoms with E-state index in [1.165, 1.54) is 0 Å². The molecule has 1 aliphatic rings. The molecule has 6 nitrogen and oxygen atoms in total. The van der Waals surface area contributed by atoms with Crippen molar-refractivity contribution in [3.05, 3.63) is 66.4 Å². The molecule has 0 unspecified atom stereocenters. The number of hydrogen-bond donors (Lipinski definition) is 2. The van der Waals surface area contributed by atoms with Crippen LogP contribution in [0.5, 0.6) is 11.5 Å². The number of amides is 2. The van der Waals surface area contributed by atoms with Gasteiger partial charge in [-0.2, -0.15) is 0 Å². The standard InChI is InChI=1S/C20H19N3O3/c21-20(24)23(25)12-15-10-18(15)13-5-3-6-16(8-13)26-17-9-14-4-1-2-7-19(14)22-11-17/h1-9,11,15,18,25H,10,12H2,(H2,21,24)/t15-,18-/m0/s1. The van der Waals surface area contributed by atoms with E-state index in [-0.39, 0.29) is 12.5 Å². The van der Waals surface area contributed by atoms with Crippen molar-refractivity contribution in [3.8, 4) is 11.5 Å². The summed E-state index contributed by atoms with van der Waals surface area (Å²) in [5, 5.41) is 11.1. The molecule has 2 amide bonds. The molecule has 3 N–H and O–H groups in total. The minimum absolute atomic E-state index is 0.213. The summed E-state index contributed by atoms with van der Waals surface area (Å²) in [6.07, 6.45) is 2.62. The Labute approximate surface area is 150 Å². The molecule has 2 atom stereocenters. The van der Waals surface area contributed by atoms with Crippen LogP contribution in [0.1, 0.15) is 17.9 Å². The average molecular weight is 349 g/mol. The number of pyridine rings is 1. The lowest BCUT2D eigenvalue weighted by Gasteiger charge is -2.11. The second-order valence-corrected chi connectivity index (χ2v) is 6.56. The second kappa shape index (κ2) is 6.65. The summed E-state index contributed by atoms with van der Waals surface area (Å²) >= 11 is 0. The van der Waals surface area contributed by atoms with Gasteiger partial charge in [0.05, 0.1) is 18.3 Å². The number of rotatable bonds is 5. The van der Waals surface area contributed by atoms with Crippen molar-refractivity contribution in [3.63, 3.8) is 0 Å². The van der Waals surface area contributed by atoms with E-state index in [9.17, 15) is 10.0 Å². The maximum Gasteiger partial charge on any atom is 0.338 e. The SMILES string of the molecule is NC(=O)N(O)C[C@@H]1C[C@H]1c1cccc(Oc2cnc3ccccc3c2)c1. The molecule has 0 radical (unpaired) electrons. The fraction of sp³-hybridized carbons (Fsp3) is 0.200. The molecule has 26 heavy (non-hydrogen) atoms. The van der Waals surface area contributed by atoms with Crippen molar-refractivity contribution < 1.29 is 14.7 Å². The minimum Gasteiger partial charge on any atom is -0.456 e. The van der Waals surface area contributed by atoms with Crippen molar-refractivity contribution in [1.82, 2.24) is 10.0 Å². The molecule has 3 aromatic rings. The van der Waals surface area contributed by atoms with Crippen molar-refractivity contribution >= 4 is 16.9 Å². The van der Waals surface area contributed by atoms with E-state index in [1.54, 1.807) is 6.20 Å². The molecule has 0 aliphatic heterocycles. The maximum atomic E-state index is 10.9. The van der Waals surface area contributed by atoms with Crippen LogP contribution in [0, 0.1) is 5.92 Å². The highest BCUT2D eigenvalue weighted by Gasteiger charge is 2.40. The predicted molar refractivity (Wildman–Crippen MR) is 97.2 cm³/mol. The van der Waals surface area contributed by atoms with E-state index in [1.807, 2.05) is 54.6 Å². The third-order valence-corrected chi connectivity index (χ3v) is 4.67. The molecule has 1 saturated carbocycles. The van der Waals surface area contributed by atoms with Gasteiger partial charge in [0.2, 0.25) is 0 Å². The minimum atomic E-state index is -0.823. The lowest BCUT2D eigenvalue weighted by Crippen LogP contribution is -2.34. The molecule has 4 rings (SSSR count). The number of carbonyl (C=O) groups is 1. The first-order valence-corrected chi connectivity index (χ1v) is 8.48. The Morgan fingerprint density at radius 2 is 2.04 bits per heavy atom. The van der Waals surface area contributed by atoms with Crippen molar-refractivity contribution in [2.24, 2.45) is 11.7 Å². The van der Waals surface area contributed by atoms with Gasteiger partial charge < -0.3 is 10.5 Å². The zero-order valence-electron chi connectivity index (χ0n) is 14.1. The topological polar surface area (TPSA) is 88.7 Å². The maximum absolute atomic E-state index is 10.9. The second-order valence-electron chi connectivity index (χ2n) is 6.56. The van der Waals surface area contributed by atoms with Crippen molar-refractivity contribution in [2.45, 2.75) is 12.3 Å². The number of primary amides is 1. The first-order valence-electron chi connectivity index (χ1n) is 8.48. The highest BCUT2D eigenvalue weighted by molar-refractivity contribution is 5.79. The number of benzene rings is 2. The molecule has 1 aromatic heterocycles. The number of carbonyl (C=O) groups excluding carboxylic acids is 1. The van der Waals surface area contributed by atoms with Gasteiger partial charge in [0.25, 0.3) is 0 Å². The Morgan fingerprint density at radius 3 is 2.88 bits per heavy atom. The van der Waals surface area contributed by atoms with Crippen LogP contribution >= 0.6 is 0 Å². The van der Waals surface area contributed by atoms with Gasteiger partial charge in [-0.3, -0.25) is 10.2 Å². The summed E-state index contributed by atoms with van der Waals surface area (Å²) in [5.41, 5.74) is 7.11. The van der Waals surface area contributed by atoms with Crippen LogP contribution in [0.3, 0.4) is 0 Å².